The SMILES string of the molecule is Cc1cccc(C(NC(=O)c2cccs2)C(=O)O)c1. The normalized spacial score (nSPS) is 11.8. The Hall–Kier alpha value is -2.14. The highest BCUT2D eigenvalue weighted by atomic mass is 32.1. The van der Waals surface area contributed by atoms with Crippen LogP contribution in [0.3, 0.4) is 0 Å². The molecule has 1 atom stereocenters. The van der Waals surface area contributed by atoms with Crippen LogP contribution in [-0.2, 0) is 4.79 Å². The molecule has 1 aromatic heterocycles. The van der Waals surface area contributed by atoms with E-state index in [4.69, 9.17) is 0 Å². The second-order valence-electron chi connectivity index (χ2n) is 4.14. The van der Waals surface area contributed by atoms with E-state index in [0.717, 1.165) is 5.56 Å². The molecule has 0 bridgehead atoms. The first-order valence-corrected chi connectivity index (χ1v) is 6.59. The summed E-state index contributed by atoms with van der Waals surface area (Å²) in [4.78, 5) is 23.7. The number of carboxylic acids is 1. The summed E-state index contributed by atoms with van der Waals surface area (Å²) in [6.07, 6.45) is 0. The third kappa shape index (κ3) is 3.20. The minimum absolute atomic E-state index is 0.371. The Labute approximate surface area is 114 Å². The summed E-state index contributed by atoms with van der Waals surface area (Å²) >= 11 is 1.28. The first kappa shape index (κ1) is 13.3. The van der Waals surface area contributed by atoms with E-state index in [-0.39, 0.29) is 5.91 Å². The molecule has 0 radical (unpaired) electrons. The highest BCUT2D eigenvalue weighted by Gasteiger charge is 2.22. The van der Waals surface area contributed by atoms with Crippen LogP contribution in [0.15, 0.2) is 41.8 Å². The van der Waals surface area contributed by atoms with Crippen molar-refractivity contribution in [1.82, 2.24) is 5.32 Å². The van der Waals surface area contributed by atoms with Gasteiger partial charge in [-0.1, -0.05) is 35.9 Å². The minimum atomic E-state index is -1.07. The highest BCUT2D eigenvalue weighted by molar-refractivity contribution is 7.12. The standard InChI is InChI=1S/C14H13NO3S/c1-9-4-2-5-10(8-9)12(14(17)18)15-13(16)11-6-3-7-19-11/h2-8,12H,1H3,(H,15,16)(H,17,18). The molecular weight excluding hydrogens is 262 g/mol. The van der Waals surface area contributed by atoms with Gasteiger partial charge in [0, 0.05) is 0 Å². The first-order valence-electron chi connectivity index (χ1n) is 5.71. The predicted octanol–water partition coefficient (Wildman–Crippen LogP) is 2.61. The number of hydrogen-bond acceptors (Lipinski definition) is 3. The van der Waals surface area contributed by atoms with Crippen LogP contribution in [0.2, 0.25) is 0 Å². The molecule has 1 unspecified atom stereocenters. The number of benzene rings is 1. The number of carbonyl (C=O) groups excluding carboxylic acids is 1. The van der Waals surface area contributed by atoms with E-state index < -0.39 is 12.0 Å². The molecule has 98 valence electrons. The highest BCUT2D eigenvalue weighted by Crippen LogP contribution is 2.17. The van der Waals surface area contributed by atoms with Crippen LogP contribution in [-0.4, -0.2) is 17.0 Å². The van der Waals surface area contributed by atoms with Crippen LogP contribution in [0.4, 0.5) is 0 Å². The zero-order chi connectivity index (χ0) is 13.8. The quantitative estimate of drug-likeness (QED) is 0.901. The number of hydrogen-bond donors (Lipinski definition) is 2. The molecule has 0 aliphatic heterocycles. The van der Waals surface area contributed by atoms with Gasteiger partial charge in [0.1, 0.15) is 0 Å². The molecule has 4 nitrogen and oxygen atoms in total. The van der Waals surface area contributed by atoms with Gasteiger partial charge in [-0.25, -0.2) is 4.79 Å². The summed E-state index contributed by atoms with van der Waals surface area (Å²) in [5.74, 6) is -1.44. The summed E-state index contributed by atoms with van der Waals surface area (Å²) in [7, 11) is 0. The number of thiophene rings is 1. The molecule has 0 aliphatic carbocycles. The van der Waals surface area contributed by atoms with Crippen molar-refractivity contribution in [2.75, 3.05) is 0 Å². The Morgan fingerprint density at radius 1 is 1.26 bits per heavy atom. The fourth-order valence-corrected chi connectivity index (χ4v) is 2.37. The molecule has 2 aromatic rings. The molecule has 1 amide bonds. The van der Waals surface area contributed by atoms with Crippen molar-refractivity contribution in [3.63, 3.8) is 0 Å². The Bertz CT molecular complexity index is 592. The lowest BCUT2D eigenvalue weighted by atomic mass is 10.0. The van der Waals surface area contributed by atoms with Crippen LogP contribution in [0.25, 0.3) is 0 Å². The summed E-state index contributed by atoms with van der Waals surface area (Å²) < 4.78 is 0. The minimum Gasteiger partial charge on any atom is -0.479 e. The van der Waals surface area contributed by atoms with Gasteiger partial charge in [0.05, 0.1) is 4.88 Å². The van der Waals surface area contributed by atoms with Gasteiger partial charge in [0.15, 0.2) is 6.04 Å². The molecule has 5 heteroatoms. The van der Waals surface area contributed by atoms with E-state index in [0.29, 0.717) is 10.4 Å². The van der Waals surface area contributed by atoms with Gasteiger partial charge < -0.3 is 10.4 Å². The number of carboxylic acid groups (broad SMARTS) is 1. The van der Waals surface area contributed by atoms with Crippen LogP contribution in [0.1, 0.15) is 26.8 Å². The fourth-order valence-electron chi connectivity index (χ4n) is 1.75. The van der Waals surface area contributed by atoms with Crippen molar-refractivity contribution < 1.29 is 14.7 Å². The van der Waals surface area contributed by atoms with Crippen LogP contribution in [0.5, 0.6) is 0 Å². The van der Waals surface area contributed by atoms with Gasteiger partial charge in [-0.15, -0.1) is 11.3 Å². The summed E-state index contributed by atoms with van der Waals surface area (Å²) in [5.41, 5.74) is 1.52. The molecule has 2 rings (SSSR count). The average molecular weight is 275 g/mol. The van der Waals surface area contributed by atoms with E-state index in [2.05, 4.69) is 5.32 Å². The Morgan fingerprint density at radius 3 is 2.63 bits per heavy atom. The summed E-state index contributed by atoms with van der Waals surface area (Å²) in [5, 5.41) is 13.6. The number of nitrogens with one attached hydrogen (secondary N) is 1. The van der Waals surface area contributed by atoms with Crippen molar-refractivity contribution >= 4 is 23.2 Å². The second kappa shape index (κ2) is 5.67. The lowest BCUT2D eigenvalue weighted by molar-refractivity contribution is -0.139. The zero-order valence-electron chi connectivity index (χ0n) is 10.3. The van der Waals surface area contributed by atoms with Gasteiger partial charge in [0.25, 0.3) is 5.91 Å². The zero-order valence-corrected chi connectivity index (χ0v) is 11.1. The van der Waals surface area contributed by atoms with Crippen molar-refractivity contribution in [1.29, 1.82) is 0 Å². The number of rotatable bonds is 4. The first-order chi connectivity index (χ1) is 9.08. The predicted molar refractivity (Wildman–Crippen MR) is 73.3 cm³/mol. The van der Waals surface area contributed by atoms with E-state index in [1.54, 1.807) is 35.7 Å². The van der Waals surface area contributed by atoms with Crippen LogP contribution in [0, 0.1) is 6.92 Å². The molecule has 1 aromatic carbocycles. The molecule has 19 heavy (non-hydrogen) atoms. The number of carbonyl (C=O) groups is 2. The Kier molecular flexibility index (Phi) is 3.97. The molecule has 0 spiro atoms. The van der Waals surface area contributed by atoms with Gasteiger partial charge in [-0.2, -0.15) is 0 Å². The lowest BCUT2D eigenvalue weighted by Crippen LogP contribution is -2.33. The van der Waals surface area contributed by atoms with Crippen molar-refractivity contribution in [3.8, 4) is 0 Å². The number of aliphatic carboxylic acids is 1. The van der Waals surface area contributed by atoms with E-state index >= 15 is 0 Å². The maximum Gasteiger partial charge on any atom is 0.330 e. The van der Waals surface area contributed by atoms with Crippen molar-refractivity contribution in [2.45, 2.75) is 13.0 Å². The maximum atomic E-state index is 11.9. The summed E-state index contributed by atoms with van der Waals surface area (Å²) in [6, 6.07) is 9.49. The van der Waals surface area contributed by atoms with Crippen LogP contribution >= 0.6 is 11.3 Å². The van der Waals surface area contributed by atoms with Crippen molar-refractivity contribution in [2.24, 2.45) is 0 Å². The molecule has 0 aliphatic rings. The monoisotopic (exact) mass is 275 g/mol. The smallest absolute Gasteiger partial charge is 0.330 e. The Balaban J connectivity index is 2.22. The third-order valence-electron chi connectivity index (χ3n) is 2.64. The van der Waals surface area contributed by atoms with Crippen LogP contribution < -0.4 is 5.32 Å². The number of aryl methyl sites for hydroxylation is 1. The van der Waals surface area contributed by atoms with Gasteiger partial charge >= 0.3 is 5.97 Å². The number of amides is 1. The van der Waals surface area contributed by atoms with E-state index in [1.165, 1.54) is 11.3 Å². The third-order valence-corrected chi connectivity index (χ3v) is 3.51. The second-order valence-corrected chi connectivity index (χ2v) is 5.08. The molecule has 0 saturated heterocycles. The topological polar surface area (TPSA) is 66.4 Å². The fraction of sp³-hybridized carbons (Fsp3) is 0.143. The van der Waals surface area contributed by atoms with E-state index in [1.807, 2.05) is 13.0 Å². The van der Waals surface area contributed by atoms with Gasteiger partial charge in [-0.3, -0.25) is 4.79 Å². The molecule has 2 N–H and O–H groups in total. The van der Waals surface area contributed by atoms with Crippen molar-refractivity contribution in [3.05, 3.63) is 57.8 Å². The van der Waals surface area contributed by atoms with Gasteiger partial charge in [-0.05, 0) is 23.9 Å². The average Bonchev–Trinajstić information content (AvgIpc) is 2.89. The molecular formula is C14H13NO3S. The molecule has 0 fully saturated rings. The lowest BCUT2D eigenvalue weighted by Gasteiger charge is -2.14. The largest absolute Gasteiger partial charge is 0.479 e. The van der Waals surface area contributed by atoms with Gasteiger partial charge in [0.2, 0.25) is 0 Å². The maximum absolute atomic E-state index is 11.9. The Morgan fingerprint density at radius 2 is 2.05 bits per heavy atom. The molecule has 0 saturated carbocycles. The van der Waals surface area contributed by atoms with E-state index in [9.17, 15) is 14.7 Å². The summed E-state index contributed by atoms with van der Waals surface area (Å²) in [6.45, 7) is 1.88. The molecule has 1 heterocycles.